The minimum atomic E-state index is -0.372. The van der Waals surface area contributed by atoms with Crippen molar-refractivity contribution in [2.45, 2.75) is 38.9 Å². The smallest absolute Gasteiger partial charge is 0.399 e. The van der Waals surface area contributed by atoms with Crippen LogP contribution in [0.15, 0.2) is 48.7 Å². The Morgan fingerprint density at radius 2 is 1.52 bits per heavy atom. The number of rotatable bonds is 3. The number of para-hydroxylation sites is 1. The van der Waals surface area contributed by atoms with Crippen molar-refractivity contribution in [3.8, 4) is 0 Å². The van der Waals surface area contributed by atoms with Crippen LogP contribution in [-0.4, -0.2) is 30.4 Å². The van der Waals surface area contributed by atoms with Crippen molar-refractivity contribution in [3.63, 3.8) is 0 Å². The van der Waals surface area contributed by atoms with Crippen LogP contribution in [0.3, 0.4) is 0 Å². The van der Waals surface area contributed by atoms with E-state index in [2.05, 4.69) is 44.8 Å². The Morgan fingerprint density at radius 1 is 0.913 bits per heavy atom. The number of nitrogens with zero attached hydrogens (tertiary/aromatic N) is 2. The molecule has 1 fully saturated rings. The molecule has 2 heterocycles. The topological polar surface area (TPSA) is 34.6 Å². The van der Waals surface area contributed by atoms with Gasteiger partial charge in [0, 0.05) is 24.4 Å². The molecule has 0 radical (unpaired) electrons. The summed E-state index contributed by atoms with van der Waals surface area (Å²) in [4.78, 5) is 6.61. The zero-order valence-electron chi connectivity index (χ0n) is 14.4. The minimum Gasteiger partial charge on any atom is -0.399 e. The van der Waals surface area contributed by atoms with Crippen molar-refractivity contribution in [3.05, 3.63) is 48.7 Å². The Hall–Kier alpha value is -1.85. The van der Waals surface area contributed by atoms with Gasteiger partial charge < -0.3 is 14.2 Å². The molecule has 0 unspecified atom stereocenters. The molecule has 1 aliphatic rings. The van der Waals surface area contributed by atoms with Crippen LogP contribution in [0.5, 0.6) is 0 Å². The second kappa shape index (κ2) is 5.66. The van der Waals surface area contributed by atoms with E-state index in [9.17, 15) is 0 Å². The summed E-state index contributed by atoms with van der Waals surface area (Å²) >= 11 is 0. The Labute approximate surface area is 138 Å². The van der Waals surface area contributed by atoms with E-state index in [1.54, 1.807) is 0 Å². The molecule has 2 aromatic rings. The van der Waals surface area contributed by atoms with Gasteiger partial charge in [-0.25, -0.2) is 4.98 Å². The van der Waals surface area contributed by atoms with Gasteiger partial charge in [0.05, 0.1) is 11.2 Å². The normalized spacial score (nSPS) is 18.9. The highest BCUT2D eigenvalue weighted by Crippen LogP contribution is 2.36. The lowest BCUT2D eigenvalue weighted by molar-refractivity contribution is 0.00578. The van der Waals surface area contributed by atoms with Gasteiger partial charge >= 0.3 is 7.12 Å². The molecule has 0 N–H and O–H groups in total. The van der Waals surface area contributed by atoms with E-state index in [-0.39, 0.29) is 18.3 Å². The molecule has 1 saturated heterocycles. The summed E-state index contributed by atoms with van der Waals surface area (Å²) in [7, 11) is 1.63. The van der Waals surface area contributed by atoms with E-state index < -0.39 is 0 Å². The predicted molar refractivity (Wildman–Crippen MR) is 94.5 cm³/mol. The fourth-order valence-corrected chi connectivity index (χ4v) is 2.50. The van der Waals surface area contributed by atoms with E-state index >= 15 is 0 Å². The maximum atomic E-state index is 6.06. The molecule has 1 aromatic heterocycles. The number of pyridine rings is 1. The molecule has 0 saturated carbocycles. The summed E-state index contributed by atoms with van der Waals surface area (Å²) in [6.45, 7) is 8.21. The van der Waals surface area contributed by atoms with E-state index in [0.717, 1.165) is 17.0 Å². The number of hydrogen-bond acceptors (Lipinski definition) is 4. The van der Waals surface area contributed by atoms with Gasteiger partial charge in [-0.15, -0.1) is 0 Å². The molecule has 1 aromatic carbocycles. The van der Waals surface area contributed by atoms with Crippen LogP contribution in [-0.2, 0) is 9.31 Å². The molecule has 0 aliphatic carbocycles. The third kappa shape index (κ3) is 2.99. The summed E-state index contributed by atoms with van der Waals surface area (Å²) in [5, 5.41) is 0. The van der Waals surface area contributed by atoms with Crippen molar-refractivity contribution in [1.29, 1.82) is 0 Å². The molecule has 0 bridgehead atoms. The van der Waals surface area contributed by atoms with Crippen molar-refractivity contribution >= 4 is 24.1 Å². The average Bonchev–Trinajstić information content (AvgIpc) is 2.76. The van der Waals surface area contributed by atoms with E-state index in [1.807, 2.05) is 48.5 Å². The molecular weight excluding hydrogens is 287 g/mol. The highest BCUT2D eigenvalue weighted by molar-refractivity contribution is 6.62. The third-order valence-corrected chi connectivity index (χ3v) is 4.78. The number of anilines is 2. The summed E-state index contributed by atoms with van der Waals surface area (Å²) in [6.07, 6.45) is 1.83. The molecule has 4 nitrogen and oxygen atoms in total. The van der Waals surface area contributed by atoms with Crippen LogP contribution in [0.1, 0.15) is 27.7 Å². The summed E-state index contributed by atoms with van der Waals surface area (Å²) in [6, 6.07) is 14.2. The fourth-order valence-electron chi connectivity index (χ4n) is 2.50. The SMILES string of the molecule is CN(c1ccccc1)c1ccc(B2OC(C)(C)C(C)(C)O2)cn1. The molecular formula is C18H23BN2O2. The quantitative estimate of drug-likeness (QED) is 0.816. The first-order valence-electron chi connectivity index (χ1n) is 7.90. The molecule has 120 valence electrons. The Bertz CT molecular complexity index is 655. The van der Waals surface area contributed by atoms with E-state index in [4.69, 9.17) is 9.31 Å². The summed E-state index contributed by atoms with van der Waals surface area (Å²) in [5.74, 6) is 0.886. The first kappa shape index (κ1) is 16.0. The predicted octanol–water partition coefficient (Wildman–Crippen LogP) is 3.15. The van der Waals surface area contributed by atoms with Crippen LogP contribution in [0.2, 0.25) is 0 Å². The van der Waals surface area contributed by atoms with Gasteiger partial charge in [-0.3, -0.25) is 0 Å². The highest BCUT2D eigenvalue weighted by Gasteiger charge is 2.51. The number of aromatic nitrogens is 1. The van der Waals surface area contributed by atoms with Gasteiger partial charge in [0.25, 0.3) is 0 Å². The number of hydrogen-bond donors (Lipinski definition) is 0. The highest BCUT2D eigenvalue weighted by atomic mass is 16.7. The second-order valence-corrected chi connectivity index (χ2v) is 6.93. The molecule has 1 aliphatic heterocycles. The van der Waals surface area contributed by atoms with Crippen molar-refractivity contribution < 1.29 is 9.31 Å². The Kier molecular flexibility index (Phi) is 3.94. The van der Waals surface area contributed by atoms with Gasteiger partial charge in [-0.1, -0.05) is 24.3 Å². The van der Waals surface area contributed by atoms with Gasteiger partial charge in [-0.05, 0) is 45.9 Å². The zero-order chi connectivity index (χ0) is 16.7. The minimum absolute atomic E-state index is 0.336. The maximum Gasteiger partial charge on any atom is 0.496 e. The molecule has 3 rings (SSSR count). The van der Waals surface area contributed by atoms with Gasteiger partial charge in [0.2, 0.25) is 0 Å². The van der Waals surface area contributed by atoms with Gasteiger partial charge in [-0.2, -0.15) is 0 Å². The second-order valence-electron chi connectivity index (χ2n) is 6.93. The van der Waals surface area contributed by atoms with Crippen LogP contribution in [0.4, 0.5) is 11.5 Å². The number of benzene rings is 1. The Morgan fingerprint density at radius 3 is 2.04 bits per heavy atom. The van der Waals surface area contributed by atoms with Crippen LogP contribution in [0, 0.1) is 0 Å². The lowest BCUT2D eigenvalue weighted by atomic mass is 9.80. The van der Waals surface area contributed by atoms with Crippen molar-refractivity contribution in [2.75, 3.05) is 11.9 Å². The molecule has 23 heavy (non-hydrogen) atoms. The van der Waals surface area contributed by atoms with E-state index in [0.29, 0.717) is 0 Å². The van der Waals surface area contributed by atoms with Gasteiger partial charge in [0.1, 0.15) is 5.82 Å². The standard InChI is InChI=1S/C18H23BN2O2/c1-17(2)18(3,4)23-19(22-17)14-11-12-16(20-13-14)21(5)15-9-7-6-8-10-15/h6-13H,1-5H3. The zero-order valence-corrected chi connectivity index (χ0v) is 14.4. The fraction of sp³-hybridized carbons (Fsp3) is 0.389. The van der Waals surface area contributed by atoms with E-state index in [1.165, 1.54) is 0 Å². The lowest BCUT2D eigenvalue weighted by Crippen LogP contribution is -2.41. The largest absolute Gasteiger partial charge is 0.496 e. The summed E-state index contributed by atoms with van der Waals surface area (Å²) < 4.78 is 12.1. The molecule has 0 atom stereocenters. The summed E-state index contributed by atoms with van der Waals surface area (Å²) in [5.41, 5.74) is 1.37. The first-order valence-corrected chi connectivity index (χ1v) is 7.90. The van der Waals surface area contributed by atoms with Crippen LogP contribution >= 0.6 is 0 Å². The molecule has 0 spiro atoms. The molecule has 5 heteroatoms. The van der Waals surface area contributed by atoms with Crippen LogP contribution < -0.4 is 10.4 Å². The maximum absolute atomic E-state index is 6.06. The van der Waals surface area contributed by atoms with Crippen LogP contribution in [0.25, 0.3) is 0 Å². The van der Waals surface area contributed by atoms with Gasteiger partial charge in [0.15, 0.2) is 0 Å². The Balaban J connectivity index is 1.78. The van der Waals surface area contributed by atoms with Crippen molar-refractivity contribution in [2.24, 2.45) is 0 Å². The third-order valence-electron chi connectivity index (χ3n) is 4.78. The average molecular weight is 310 g/mol. The first-order chi connectivity index (χ1) is 10.8. The van der Waals surface area contributed by atoms with Crippen molar-refractivity contribution in [1.82, 2.24) is 4.98 Å². The monoisotopic (exact) mass is 310 g/mol. The molecule has 0 amide bonds. The lowest BCUT2D eigenvalue weighted by Gasteiger charge is -2.32.